The largest absolute Gasteiger partial charge is 0.356 e. The van der Waals surface area contributed by atoms with Crippen molar-refractivity contribution in [1.82, 2.24) is 19.8 Å². The van der Waals surface area contributed by atoms with E-state index in [-0.39, 0.29) is 0 Å². The second kappa shape index (κ2) is 2.96. The molecule has 14 heavy (non-hydrogen) atoms. The van der Waals surface area contributed by atoms with Crippen LogP contribution in [0.1, 0.15) is 11.3 Å². The van der Waals surface area contributed by atoms with Crippen LogP contribution in [-0.2, 0) is 0 Å². The van der Waals surface area contributed by atoms with Gasteiger partial charge in [0.05, 0.1) is 0 Å². The number of hydrogen-bond acceptors (Lipinski definition) is 5. The van der Waals surface area contributed by atoms with Crippen LogP contribution < -0.4 is 5.32 Å². The third-order valence-electron chi connectivity index (χ3n) is 1.89. The second-order valence-electron chi connectivity index (χ2n) is 2.83. The van der Waals surface area contributed by atoms with E-state index in [0.717, 1.165) is 5.56 Å². The molecule has 6 heteroatoms. The number of aromatic nitrogens is 4. The molecule has 6 nitrogen and oxygen atoms in total. The molecular weight excluding hydrogens is 180 g/mol. The van der Waals surface area contributed by atoms with Crippen LogP contribution in [0.5, 0.6) is 0 Å². The molecule has 0 spiro atoms. The topological polar surface area (TPSA) is 78.9 Å². The Balaban J connectivity index is 2.82. The van der Waals surface area contributed by atoms with Crippen molar-refractivity contribution in [3.63, 3.8) is 0 Å². The summed E-state index contributed by atoms with van der Waals surface area (Å²) in [5.74, 6) is 0.528. The molecule has 0 amide bonds. The van der Waals surface area contributed by atoms with Crippen molar-refractivity contribution in [3.8, 4) is 6.07 Å². The highest BCUT2D eigenvalue weighted by Crippen LogP contribution is 2.11. The molecule has 0 radical (unpaired) electrons. The zero-order chi connectivity index (χ0) is 10.1. The zero-order valence-electron chi connectivity index (χ0n) is 7.81. The molecule has 0 aliphatic rings. The highest BCUT2D eigenvalue weighted by Gasteiger charge is 2.08. The summed E-state index contributed by atoms with van der Waals surface area (Å²) < 4.78 is 1.52. The molecule has 2 aromatic rings. The van der Waals surface area contributed by atoms with Crippen molar-refractivity contribution in [1.29, 1.82) is 5.26 Å². The predicted octanol–water partition coefficient (Wildman–Crippen LogP) is 0.346. The van der Waals surface area contributed by atoms with Gasteiger partial charge in [-0.15, -0.1) is 10.2 Å². The molecule has 0 aliphatic carbocycles. The van der Waals surface area contributed by atoms with Crippen LogP contribution in [0.3, 0.4) is 0 Å². The Kier molecular flexibility index (Phi) is 1.78. The van der Waals surface area contributed by atoms with E-state index in [1.165, 1.54) is 4.52 Å². The van der Waals surface area contributed by atoms with Crippen LogP contribution in [0.4, 0.5) is 5.95 Å². The lowest BCUT2D eigenvalue weighted by atomic mass is 10.3. The first-order valence-corrected chi connectivity index (χ1v) is 4.07. The van der Waals surface area contributed by atoms with Gasteiger partial charge in [0.25, 0.3) is 0 Å². The van der Waals surface area contributed by atoms with Gasteiger partial charge >= 0.3 is 0 Å². The predicted molar refractivity (Wildman–Crippen MR) is 49.8 cm³/mol. The van der Waals surface area contributed by atoms with Crippen molar-refractivity contribution < 1.29 is 0 Å². The number of aryl methyl sites for hydroxylation is 1. The first kappa shape index (κ1) is 8.44. The quantitative estimate of drug-likeness (QED) is 0.698. The lowest BCUT2D eigenvalue weighted by Crippen LogP contribution is -2.02. The summed E-state index contributed by atoms with van der Waals surface area (Å²) in [5, 5.41) is 23.5. The number of nitrogens with one attached hydrogen (secondary N) is 1. The van der Waals surface area contributed by atoms with Gasteiger partial charge in [-0.25, -0.2) is 0 Å². The highest BCUT2D eigenvalue weighted by atomic mass is 15.4. The number of nitrogens with zero attached hydrogens (tertiary/aromatic N) is 5. The fourth-order valence-electron chi connectivity index (χ4n) is 1.24. The third-order valence-corrected chi connectivity index (χ3v) is 1.89. The minimum Gasteiger partial charge on any atom is -0.356 e. The minimum atomic E-state index is 0.353. The van der Waals surface area contributed by atoms with Crippen molar-refractivity contribution in [3.05, 3.63) is 17.3 Å². The van der Waals surface area contributed by atoms with E-state index in [1.807, 2.05) is 13.0 Å². The van der Waals surface area contributed by atoms with Crippen molar-refractivity contribution in [2.75, 3.05) is 12.4 Å². The van der Waals surface area contributed by atoms with E-state index in [0.29, 0.717) is 17.3 Å². The standard InChI is InChI=1S/C8H8N6/c1-5-3-6(4-9)13-14-7(5)11-12-8(14)10-2/h3H,1-2H3,(H,10,12). The molecule has 0 aliphatic heterocycles. The maximum Gasteiger partial charge on any atom is 0.245 e. The van der Waals surface area contributed by atoms with Crippen LogP contribution >= 0.6 is 0 Å². The highest BCUT2D eigenvalue weighted by molar-refractivity contribution is 5.51. The minimum absolute atomic E-state index is 0.353. The van der Waals surface area contributed by atoms with Crippen molar-refractivity contribution in [2.45, 2.75) is 6.92 Å². The van der Waals surface area contributed by atoms with Gasteiger partial charge in [-0.3, -0.25) is 0 Å². The van der Waals surface area contributed by atoms with Crippen molar-refractivity contribution in [2.24, 2.45) is 0 Å². The van der Waals surface area contributed by atoms with Gasteiger partial charge in [0, 0.05) is 7.05 Å². The average molecular weight is 188 g/mol. The molecule has 2 aromatic heterocycles. The molecule has 0 bridgehead atoms. The first-order valence-electron chi connectivity index (χ1n) is 4.07. The van der Waals surface area contributed by atoms with Gasteiger partial charge in [-0.05, 0) is 18.6 Å². The average Bonchev–Trinajstić information content (AvgIpc) is 2.61. The molecule has 2 heterocycles. The Bertz CT molecular complexity index is 520. The van der Waals surface area contributed by atoms with E-state index in [9.17, 15) is 0 Å². The molecule has 2 rings (SSSR count). The van der Waals surface area contributed by atoms with Gasteiger partial charge in [-0.1, -0.05) is 0 Å². The zero-order valence-corrected chi connectivity index (χ0v) is 7.81. The van der Waals surface area contributed by atoms with E-state index in [1.54, 1.807) is 13.1 Å². The van der Waals surface area contributed by atoms with Gasteiger partial charge in [0.2, 0.25) is 5.95 Å². The number of nitriles is 1. The van der Waals surface area contributed by atoms with E-state index in [4.69, 9.17) is 5.26 Å². The van der Waals surface area contributed by atoms with E-state index in [2.05, 4.69) is 20.6 Å². The van der Waals surface area contributed by atoms with Gasteiger partial charge in [-0.2, -0.15) is 14.9 Å². The number of anilines is 1. The fourth-order valence-corrected chi connectivity index (χ4v) is 1.24. The van der Waals surface area contributed by atoms with Crippen LogP contribution in [-0.4, -0.2) is 26.9 Å². The molecule has 70 valence electrons. The van der Waals surface area contributed by atoms with Crippen molar-refractivity contribution >= 4 is 11.6 Å². The normalized spacial score (nSPS) is 10.1. The monoisotopic (exact) mass is 188 g/mol. The Hall–Kier alpha value is -2.16. The summed E-state index contributed by atoms with van der Waals surface area (Å²) in [5.41, 5.74) is 1.89. The number of fused-ring (bicyclic) bond motifs is 1. The molecular formula is C8H8N6. The maximum atomic E-state index is 8.74. The summed E-state index contributed by atoms with van der Waals surface area (Å²) in [7, 11) is 1.73. The lowest BCUT2D eigenvalue weighted by molar-refractivity contribution is 0.911. The Morgan fingerprint density at radius 2 is 2.29 bits per heavy atom. The van der Waals surface area contributed by atoms with Gasteiger partial charge < -0.3 is 5.32 Å². The van der Waals surface area contributed by atoms with Gasteiger partial charge in [0.1, 0.15) is 6.07 Å². The van der Waals surface area contributed by atoms with Gasteiger partial charge in [0.15, 0.2) is 11.3 Å². The molecule has 0 aromatic carbocycles. The SMILES string of the molecule is CNc1nnc2c(C)cc(C#N)nn12. The summed E-state index contributed by atoms with van der Waals surface area (Å²) >= 11 is 0. The number of hydrogen-bond donors (Lipinski definition) is 1. The third kappa shape index (κ3) is 1.07. The first-order chi connectivity index (χ1) is 6.76. The Morgan fingerprint density at radius 3 is 2.93 bits per heavy atom. The van der Waals surface area contributed by atoms with E-state index >= 15 is 0 Å². The molecule has 0 atom stereocenters. The molecule has 1 N–H and O–H groups in total. The second-order valence-corrected chi connectivity index (χ2v) is 2.83. The molecule has 0 saturated carbocycles. The maximum absolute atomic E-state index is 8.74. The summed E-state index contributed by atoms with van der Waals surface area (Å²) in [6, 6.07) is 3.67. The summed E-state index contributed by atoms with van der Waals surface area (Å²) in [6.45, 7) is 1.87. The molecule has 0 unspecified atom stereocenters. The Morgan fingerprint density at radius 1 is 1.50 bits per heavy atom. The molecule has 0 fully saturated rings. The Labute approximate surface area is 80.2 Å². The van der Waals surface area contributed by atoms with Crippen LogP contribution in [0.25, 0.3) is 5.65 Å². The summed E-state index contributed by atoms with van der Waals surface area (Å²) in [6.07, 6.45) is 0. The fraction of sp³-hybridized carbons (Fsp3) is 0.250. The molecule has 0 saturated heterocycles. The van der Waals surface area contributed by atoms with Crippen LogP contribution in [0.15, 0.2) is 6.07 Å². The van der Waals surface area contributed by atoms with E-state index < -0.39 is 0 Å². The van der Waals surface area contributed by atoms with Crippen LogP contribution in [0, 0.1) is 18.3 Å². The lowest BCUT2D eigenvalue weighted by Gasteiger charge is -1.98. The smallest absolute Gasteiger partial charge is 0.245 e. The van der Waals surface area contributed by atoms with Crippen LogP contribution in [0.2, 0.25) is 0 Å². The summed E-state index contributed by atoms with van der Waals surface area (Å²) in [4.78, 5) is 0. The number of rotatable bonds is 1.